The maximum atomic E-state index is 13.9. The summed E-state index contributed by atoms with van der Waals surface area (Å²) in [4.78, 5) is 35.7. The maximum Gasteiger partial charge on any atom is 0.265 e. The van der Waals surface area contributed by atoms with Crippen molar-refractivity contribution in [3.05, 3.63) is 100.0 Å². The molecule has 3 aliphatic heterocycles. The number of anilines is 1. The number of carbonyl (C=O) groups is 2. The first-order chi connectivity index (χ1) is 19.5. The van der Waals surface area contributed by atoms with Crippen LogP contribution in [0.2, 0.25) is 0 Å². The van der Waals surface area contributed by atoms with Gasteiger partial charge in [-0.05, 0) is 81.1 Å². The Morgan fingerprint density at radius 3 is 2.42 bits per heavy atom. The SMILES string of the molecule is Cc1cccc(CN2C(=O)C(=Cc3ccccc3)Sc3ccc(C(=O)N4CCC(N5CCCCC5)CC4)cc32)c1. The smallest absolute Gasteiger partial charge is 0.265 e. The molecule has 3 aliphatic rings. The van der Waals surface area contributed by atoms with E-state index in [1.54, 1.807) is 0 Å². The van der Waals surface area contributed by atoms with Gasteiger partial charge in [-0.2, -0.15) is 0 Å². The van der Waals surface area contributed by atoms with Crippen LogP contribution in [0.15, 0.2) is 82.6 Å². The second-order valence-corrected chi connectivity index (χ2v) is 12.3. The molecule has 2 saturated heterocycles. The van der Waals surface area contributed by atoms with Gasteiger partial charge in [0.1, 0.15) is 0 Å². The molecular weight excluding hydrogens is 514 g/mol. The largest absolute Gasteiger partial charge is 0.339 e. The molecule has 206 valence electrons. The summed E-state index contributed by atoms with van der Waals surface area (Å²) in [6, 6.07) is 24.7. The van der Waals surface area contributed by atoms with Crippen molar-refractivity contribution in [3.63, 3.8) is 0 Å². The number of carbonyl (C=O) groups excluding carboxylic acids is 2. The van der Waals surface area contributed by atoms with Crippen LogP contribution in [0.4, 0.5) is 5.69 Å². The number of hydrogen-bond donors (Lipinski definition) is 0. The fraction of sp³-hybridized carbons (Fsp3) is 0.353. The van der Waals surface area contributed by atoms with Gasteiger partial charge in [-0.1, -0.05) is 78.3 Å². The lowest BCUT2D eigenvalue weighted by molar-refractivity contribution is -0.114. The third-order valence-electron chi connectivity index (χ3n) is 8.35. The fourth-order valence-electron chi connectivity index (χ4n) is 6.19. The molecule has 3 aromatic carbocycles. The van der Waals surface area contributed by atoms with E-state index in [1.807, 2.05) is 70.5 Å². The predicted octanol–water partition coefficient (Wildman–Crippen LogP) is 6.77. The van der Waals surface area contributed by atoms with E-state index in [0.717, 1.165) is 53.2 Å². The quantitative estimate of drug-likeness (QED) is 0.329. The van der Waals surface area contributed by atoms with Gasteiger partial charge >= 0.3 is 0 Å². The summed E-state index contributed by atoms with van der Waals surface area (Å²) < 4.78 is 0. The van der Waals surface area contributed by atoms with Crippen molar-refractivity contribution in [1.29, 1.82) is 0 Å². The van der Waals surface area contributed by atoms with Crippen molar-refractivity contribution in [3.8, 4) is 0 Å². The molecule has 0 unspecified atom stereocenters. The van der Waals surface area contributed by atoms with Crippen molar-refractivity contribution in [1.82, 2.24) is 9.80 Å². The van der Waals surface area contributed by atoms with Crippen LogP contribution in [-0.2, 0) is 11.3 Å². The highest BCUT2D eigenvalue weighted by Gasteiger charge is 2.32. The Labute approximate surface area is 241 Å². The molecule has 5 nitrogen and oxygen atoms in total. The zero-order chi connectivity index (χ0) is 27.5. The van der Waals surface area contributed by atoms with E-state index >= 15 is 0 Å². The van der Waals surface area contributed by atoms with E-state index in [2.05, 4.69) is 30.0 Å². The summed E-state index contributed by atoms with van der Waals surface area (Å²) in [6.45, 7) is 6.51. The van der Waals surface area contributed by atoms with Crippen molar-refractivity contribution in [2.45, 2.75) is 56.5 Å². The van der Waals surface area contributed by atoms with Crippen LogP contribution in [0.1, 0.15) is 59.2 Å². The zero-order valence-corrected chi connectivity index (χ0v) is 24.0. The fourth-order valence-corrected chi connectivity index (χ4v) is 7.23. The Bertz CT molecular complexity index is 1410. The maximum absolute atomic E-state index is 13.9. The summed E-state index contributed by atoms with van der Waals surface area (Å²) in [5, 5.41) is 0. The van der Waals surface area contributed by atoms with E-state index in [-0.39, 0.29) is 11.8 Å². The molecule has 40 heavy (non-hydrogen) atoms. The number of hydrogen-bond acceptors (Lipinski definition) is 4. The molecule has 0 aromatic heterocycles. The molecule has 0 bridgehead atoms. The first-order valence-electron chi connectivity index (χ1n) is 14.5. The predicted molar refractivity (Wildman–Crippen MR) is 163 cm³/mol. The summed E-state index contributed by atoms with van der Waals surface area (Å²) >= 11 is 1.49. The number of piperidine rings is 2. The summed E-state index contributed by atoms with van der Waals surface area (Å²) in [5.74, 6) is 0.0354. The lowest BCUT2D eigenvalue weighted by atomic mass is 9.99. The standard InChI is InChI=1S/C34H37N3O2S/c1-25-9-8-12-27(21-25)24-37-30-23-28(33(38)36-19-15-29(16-20-36)35-17-6-3-7-18-35)13-14-31(30)40-32(34(37)39)22-26-10-4-2-5-11-26/h2,4-5,8-14,21-23,29H,3,6-7,15-20,24H2,1H3. The molecule has 0 atom stereocenters. The van der Waals surface area contributed by atoms with Crippen molar-refractivity contribution in [2.24, 2.45) is 0 Å². The minimum atomic E-state index is -0.0326. The molecule has 2 fully saturated rings. The molecule has 0 N–H and O–H groups in total. The van der Waals surface area contributed by atoms with Gasteiger partial charge in [0.15, 0.2) is 0 Å². The average molecular weight is 552 g/mol. The first kappa shape index (κ1) is 26.9. The Hall–Kier alpha value is -3.35. The van der Waals surface area contributed by atoms with Crippen molar-refractivity contribution < 1.29 is 9.59 Å². The number of rotatable bonds is 5. The molecule has 6 rings (SSSR count). The molecule has 0 radical (unpaired) electrons. The van der Waals surface area contributed by atoms with Crippen LogP contribution in [0.3, 0.4) is 0 Å². The monoisotopic (exact) mass is 551 g/mol. The molecule has 0 spiro atoms. The van der Waals surface area contributed by atoms with E-state index in [4.69, 9.17) is 0 Å². The van der Waals surface area contributed by atoms with Crippen molar-refractivity contribution in [2.75, 3.05) is 31.1 Å². The molecule has 0 aliphatic carbocycles. The second-order valence-electron chi connectivity index (χ2n) is 11.2. The van der Waals surface area contributed by atoms with Gasteiger partial charge in [0.2, 0.25) is 0 Å². The van der Waals surface area contributed by atoms with Gasteiger partial charge in [0.05, 0.1) is 17.1 Å². The minimum absolute atomic E-state index is 0.0326. The lowest BCUT2D eigenvalue weighted by Gasteiger charge is -2.40. The Morgan fingerprint density at radius 1 is 0.900 bits per heavy atom. The summed E-state index contributed by atoms with van der Waals surface area (Å²) in [5.41, 5.74) is 4.71. The zero-order valence-electron chi connectivity index (χ0n) is 23.2. The number of nitrogens with zero attached hydrogens (tertiary/aromatic N) is 3. The Balaban J connectivity index is 1.26. The van der Waals surface area contributed by atoms with Gasteiger partial charge in [-0.25, -0.2) is 0 Å². The van der Waals surface area contributed by atoms with Gasteiger partial charge in [0, 0.05) is 29.6 Å². The third kappa shape index (κ3) is 5.89. The van der Waals surface area contributed by atoms with Crippen LogP contribution in [-0.4, -0.2) is 53.8 Å². The molecule has 3 aromatic rings. The van der Waals surface area contributed by atoms with E-state index in [9.17, 15) is 9.59 Å². The van der Waals surface area contributed by atoms with Crippen LogP contribution in [0, 0.1) is 6.92 Å². The van der Waals surface area contributed by atoms with Gasteiger partial charge < -0.3 is 14.7 Å². The van der Waals surface area contributed by atoms with Crippen LogP contribution in [0.5, 0.6) is 0 Å². The molecular formula is C34H37N3O2S. The Morgan fingerprint density at radius 2 is 1.68 bits per heavy atom. The topological polar surface area (TPSA) is 43.9 Å². The van der Waals surface area contributed by atoms with Gasteiger partial charge in [0.25, 0.3) is 11.8 Å². The number of likely N-dealkylation sites (tertiary alicyclic amines) is 2. The number of amides is 2. The average Bonchev–Trinajstić information content (AvgIpc) is 3.00. The number of fused-ring (bicyclic) bond motifs is 1. The minimum Gasteiger partial charge on any atom is -0.339 e. The van der Waals surface area contributed by atoms with Crippen LogP contribution < -0.4 is 4.90 Å². The molecule has 0 saturated carbocycles. The van der Waals surface area contributed by atoms with E-state index < -0.39 is 0 Å². The highest BCUT2D eigenvalue weighted by molar-refractivity contribution is 8.04. The number of aryl methyl sites for hydroxylation is 1. The molecule has 3 heterocycles. The lowest BCUT2D eigenvalue weighted by Crippen LogP contribution is -2.48. The third-order valence-corrected chi connectivity index (χ3v) is 9.43. The molecule has 2 amide bonds. The normalized spacial score (nSPS) is 19.6. The van der Waals surface area contributed by atoms with Gasteiger partial charge in [-0.15, -0.1) is 0 Å². The summed E-state index contributed by atoms with van der Waals surface area (Å²) in [6.07, 6.45) is 7.98. The highest BCUT2D eigenvalue weighted by Crippen LogP contribution is 2.43. The molecule has 6 heteroatoms. The first-order valence-corrected chi connectivity index (χ1v) is 15.4. The van der Waals surface area contributed by atoms with E-state index in [0.29, 0.717) is 23.1 Å². The Kier molecular flexibility index (Phi) is 8.08. The van der Waals surface area contributed by atoms with Gasteiger partial charge in [-0.3, -0.25) is 9.59 Å². The number of thioether (sulfide) groups is 1. The van der Waals surface area contributed by atoms with Crippen LogP contribution >= 0.6 is 11.8 Å². The summed E-state index contributed by atoms with van der Waals surface area (Å²) in [7, 11) is 0. The van der Waals surface area contributed by atoms with Crippen molar-refractivity contribution >= 4 is 35.3 Å². The number of benzene rings is 3. The highest BCUT2D eigenvalue weighted by atomic mass is 32.2. The van der Waals surface area contributed by atoms with E-state index in [1.165, 1.54) is 44.1 Å². The van der Waals surface area contributed by atoms with Crippen LogP contribution in [0.25, 0.3) is 6.08 Å². The second kappa shape index (κ2) is 12.0.